The molecule has 1 heterocycles. The molecule has 1 aromatic heterocycles. The zero-order valence-electron chi connectivity index (χ0n) is 15.3. The number of hydrogen-bond donors (Lipinski definition) is 1. The van der Waals surface area contributed by atoms with Crippen LogP contribution in [0, 0.1) is 0 Å². The first-order chi connectivity index (χ1) is 12.6. The van der Waals surface area contributed by atoms with Gasteiger partial charge in [-0.25, -0.2) is 4.98 Å². The van der Waals surface area contributed by atoms with Gasteiger partial charge in [0, 0.05) is 29.7 Å². The smallest absolute Gasteiger partial charge is 0.254 e. The average molecular weight is 372 g/mol. The lowest BCUT2D eigenvalue weighted by Gasteiger charge is -2.21. The Balaban J connectivity index is 2.02. The van der Waals surface area contributed by atoms with Crippen LogP contribution >= 0.6 is 11.8 Å². The molecule has 1 aromatic carbocycles. The largest absolute Gasteiger partial charge is 0.355 e. The van der Waals surface area contributed by atoms with E-state index in [1.165, 1.54) is 0 Å². The number of amides is 2. The van der Waals surface area contributed by atoms with Gasteiger partial charge in [-0.3, -0.25) is 9.59 Å². The van der Waals surface area contributed by atoms with Gasteiger partial charge in [-0.2, -0.15) is 0 Å². The summed E-state index contributed by atoms with van der Waals surface area (Å²) in [5, 5.41) is 3.73. The first-order valence-corrected chi connectivity index (χ1v) is 9.70. The number of hydrogen-bond acceptors (Lipinski definition) is 4. The van der Waals surface area contributed by atoms with E-state index in [1.807, 2.05) is 44.2 Å². The van der Waals surface area contributed by atoms with Gasteiger partial charge >= 0.3 is 0 Å². The molecule has 138 valence electrons. The number of benzene rings is 1. The quantitative estimate of drug-likeness (QED) is 0.731. The van der Waals surface area contributed by atoms with Crippen LogP contribution in [-0.4, -0.2) is 41.3 Å². The maximum Gasteiger partial charge on any atom is 0.254 e. The van der Waals surface area contributed by atoms with Crippen LogP contribution in [0.2, 0.25) is 0 Å². The van der Waals surface area contributed by atoms with Crippen LogP contribution in [0.15, 0.2) is 58.6 Å². The van der Waals surface area contributed by atoms with E-state index >= 15 is 0 Å². The standard InChI is InChI=1S/C20H25N3O2S/c1-3-12-21-18(24)15-23(14-4-2)20(25)16-8-10-17(11-9-16)26-19-7-5-6-13-22-19/h5-11,13H,3-4,12,14-15H2,1-2H3,(H,21,24). The minimum Gasteiger partial charge on any atom is -0.355 e. The monoisotopic (exact) mass is 371 g/mol. The number of nitrogens with zero attached hydrogens (tertiary/aromatic N) is 2. The van der Waals surface area contributed by atoms with Crippen molar-refractivity contribution in [2.45, 2.75) is 36.6 Å². The second-order valence-corrected chi connectivity index (χ2v) is 6.96. The van der Waals surface area contributed by atoms with E-state index in [9.17, 15) is 9.59 Å². The molecule has 2 rings (SSSR count). The van der Waals surface area contributed by atoms with Crippen molar-refractivity contribution in [3.63, 3.8) is 0 Å². The summed E-state index contributed by atoms with van der Waals surface area (Å²) in [5.74, 6) is -0.233. The molecule has 0 atom stereocenters. The number of carbonyl (C=O) groups is 2. The van der Waals surface area contributed by atoms with Gasteiger partial charge in [-0.05, 0) is 49.2 Å². The van der Waals surface area contributed by atoms with Gasteiger partial charge in [-0.1, -0.05) is 31.7 Å². The molecule has 26 heavy (non-hydrogen) atoms. The summed E-state index contributed by atoms with van der Waals surface area (Å²) in [6.45, 7) is 5.28. The van der Waals surface area contributed by atoms with Crippen molar-refractivity contribution in [3.05, 3.63) is 54.2 Å². The fraction of sp³-hybridized carbons (Fsp3) is 0.350. The van der Waals surface area contributed by atoms with E-state index in [0.29, 0.717) is 18.7 Å². The van der Waals surface area contributed by atoms with E-state index in [2.05, 4.69) is 10.3 Å². The second kappa shape index (κ2) is 10.6. The molecule has 0 bridgehead atoms. The molecule has 6 heteroatoms. The number of pyridine rings is 1. The predicted octanol–water partition coefficient (Wildman–Crippen LogP) is 3.61. The fourth-order valence-electron chi connectivity index (χ4n) is 2.39. The molecular weight excluding hydrogens is 346 g/mol. The summed E-state index contributed by atoms with van der Waals surface area (Å²) in [7, 11) is 0. The van der Waals surface area contributed by atoms with Gasteiger partial charge in [0.15, 0.2) is 0 Å². The molecule has 5 nitrogen and oxygen atoms in total. The number of nitrogens with one attached hydrogen (secondary N) is 1. The van der Waals surface area contributed by atoms with Crippen molar-refractivity contribution >= 4 is 23.6 Å². The van der Waals surface area contributed by atoms with E-state index < -0.39 is 0 Å². The number of aromatic nitrogens is 1. The molecule has 0 radical (unpaired) electrons. The number of carbonyl (C=O) groups excluding carboxylic acids is 2. The summed E-state index contributed by atoms with van der Waals surface area (Å²) < 4.78 is 0. The van der Waals surface area contributed by atoms with Crippen LogP contribution in [0.5, 0.6) is 0 Å². The normalized spacial score (nSPS) is 10.4. The molecule has 0 fully saturated rings. The Labute approximate surface area is 159 Å². The highest BCUT2D eigenvalue weighted by Crippen LogP contribution is 2.25. The average Bonchev–Trinajstić information content (AvgIpc) is 2.67. The zero-order valence-corrected chi connectivity index (χ0v) is 16.1. The molecule has 0 aliphatic heterocycles. The van der Waals surface area contributed by atoms with Crippen LogP contribution in [0.3, 0.4) is 0 Å². The van der Waals surface area contributed by atoms with Crippen LogP contribution in [0.1, 0.15) is 37.0 Å². The molecular formula is C20H25N3O2S. The molecule has 2 aromatic rings. The fourth-order valence-corrected chi connectivity index (χ4v) is 3.17. The Morgan fingerprint density at radius 1 is 1.08 bits per heavy atom. The Kier molecular flexibility index (Phi) is 8.15. The van der Waals surface area contributed by atoms with Crippen LogP contribution in [-0.2, 0) is 4.79 Å². The highest BCUT2D eigenvalue weighted by molar-refractivity contribution is 7.99. The maximum absolute atomic E-state index is 12.7. The van der Waals surface area contributed by atoms with Crippen LogP contribution in [0.4, 0.5) is 0 Å². The zero-order chi connectivity index (χ0) is 18.8. The van der Waals surface area contributed by atoms with Crippen molar-refractivity contribution in [1.29, 1.82) is 0 Å². The third kappa shape index (κ3) is 6.19. The molecule has 0 unspecified atom stereocenters. The van der Waals surface area contributed by atoms with Gasteiger partial charge < -0.3 is 10.2 Å². The topological polar surface area (TPSA) is 62.3 Å². The van der Waals surface area contributed by atoms with Gasteiger partial charge in [0.05, 0.1) is 6.54 Å². The summed E-state index contributed by atoms with van der Waals surface area (Å²) in [4.78, 5) is 31.6. The third-order valence-electron chi connectivity index (χ3n) is 3.65. The minimum absolute atomic E-state index is 0.0944. The summed E-state index contributed by atoms with van der Waals surface area (Å²) in [5.41, 5.74) is 0.590. The summed E-state index contributed by atoms with van der Waals surface area (Å²) in [6.07, 6.45) is 3.44. The first-order valence-electron chi connectivity index (χ1n) is 8.89. The molecule has 0 aliphatic carbocycles. The van der Waals surface area contributed by atoms with Gasteiger partial charge in [0.1, 0.15) is 5.03 Å². The van der Waals surface area contributed by atoms with Crippen molar-refractivity contribution in [2.24, 2.45) is 0 Å². The Bertz CT molecular complexity index is 705. The van der Waals surface area contributed by atoms with Gasteiger partial charge in [0.2, 0.25) is 5.91 Å². The van der Waals surface area contributed by atoms with Crippen molar-refractivity contribution < 1.29 is 9.59 Å². The molecule has 0 saturated heterocycles. The van der Waals surface area contributed by atoms with Crippen LogP contribution in [0.25, 0.3) is 0 Å². The molecule has 0 spiro atoms. The van der Waals surface area contributed by atoms with Gasteiger partial charge in [0.25, 0.3) is 5.91 Å². The van der Waals surface area contributed by atoms with Crippen molar-refractivity contribution in [2.75, 3.05) is 19.6 Å². The van der Waals surface area contributed by atoms with E-state index in [0.717, 1.165) is 22.8 Å². The SMILES string of the molecule is CCCNC(=O)CN(CCC)C(=O)c1ccc(Sc2ccccn2)cc1. The maximum atomic E-state index is 12.7. The summed E-state index contributed by atoms with van der Waals surface area (Å²) in [6, 6.07) is 13.2. The number of rotatable bonds is 9. The highest BCUT2D eigenvalue weighted by atomic mass is 32.2. The van der Waals surface area contributed by atoms with Gasteiger partial charge in [-0.15, -0.1) is 0 Å². The van der Waals surface area contributed by atoms with Crippen molar-refractivity contribution in [1.82, 2.24) is 15.2 Å². The predicted molar refractivity (Wildman–Crippen MR) is 104 cm³/mol. The first kappa shape index (κ1) is 20.0. The Morgan fingerprint density at radius 2 is 1.85 bits per heavy atom. The van der Waals surface area contributed by atoms with Crippen molar-refractivity contribution in [3.8, 4) is 0 Å². The van der Waals surface area contributed by atoms with Crippen LogP contribution < -0.4 is 5.32 Å². The molecule has 0 saturated carbocycles. The van der Waals surface area contributed by atoms with E-state index in [-0.39, 0.29) is 18.4 Å². The van der Waals surface area contributed by atoms with E-state index in [4.69, 9.17) is 0 Å². The Hall–Kier alpha value is -2.34. The lowest BCUT2D eigenvalue weighted by molar-refractivity contribution is -0.121. The lowest BCUT2D eigenvalue weighted by Crippen LogP contribution is -2.41. The highest BCUT2D eigenvalue weighted by Gasteiger charge is 2.18. The molecule has 1 N–H and O–H groups in total. The second-order valence-electron chi connectivity index (χ2n) is 5.87. The molecule has 2 amide bonds. The Morgan fingerprint density at radius 3 is 2.46 bits per heavy atom. The lowest BCUT2D eigenvalue weighted by atomic mass is 10.2. The minimum atomic E-state index is -0.118. The third-order valence-corrected chi connectivity index (χ3v) is 4.61. The van der Waals surface area contributed by atoms with E-state index in [1.54, 1.807) is 35.0 Å². The molecule has 0 aliphatic rings. The summed E-state index contributed by atoms with van der Waals surface area (Å²) >= 11 is 1.55.